The predicted molar refractivity (Wildman–Crippen MR) is 65.7 cm³/mol. The van der Waals surface area contributed by atoms with E-state index in [0.717, 1.165) is 6.07 Å². The van der Waals surface area contributed by atoms with Gasteiger partial charge < -0.3 is 4.74 Å². The zero-order chi connectivity index (χ0) is 13.1. The summed E-state index contributed by atoms with van der Waals surface area (Å²) in [6, 6.07) is 5.37. The molecule has 0 N–H and O–H groups in total. The number of hydrogen-bond acceptors (Lipinski definition) is 3. The van der Waals surface area contributed by atoms with Crippen molar-refractivity contribution in [3.63, 3.8) is 0 Å². The molecule has 2 rings (SSSR count). The van der Waals surface area contributed by atoms with Crippen molar-refractivity contribution in [1.82, 2.24) is 10.2 Å². The molecule has 7 heteroatoms. The van der Waals surface area contributed by atoms with Gasteiger partial charge in [0.15, 0.2) is 11.6 Å². The van der Waals surface area contributed by atoms with E-state index in [1.807, 2.05) is 0 Å². The van der Waals surface area contributed by atoms with Gasteiger partial charge in [0, 0.05) is 10.5 Å². The molecule has 1 aromatic heterocycles. The standard InChI is InChI=1S/C11H6BrClF2N2O/c12-6-3-8(14)11(15)9(4-6)18-10-2-1-7(5-13)16-17-10/h1-4H,5H2. The molecule has 1 heterocycles. The summed E-state index contributed by atoms with van der Waals surface area (Å²) in [7, 11) is 0. The smallest absolute Gasteiger partial charge is 0.239 e. The van der Waals surface area contributed by atoms with Gasteiger partial charge >= 0.3 is 0 Å². The number of hydrogen-bond donors (Lipinski definition) is 0. The Balaban J connectivity index is 2.27. The van der Waals surface area contributed by atoms with Crippen LogP contribution in [0.5, 0.6) is 11.6 Å². The lowest BCUT2D eigenvalue weighted by molar-refractivity contribution is 0.400. The van der Waals surface area contributed by atoms with Crippen LogP contribution in [0.2, 0.25) is 0 Å². The van der Waals surface area contributed by atoms with Crippen molar-refractivity contribution in [3.8, 4) is 11.6 Å². The molecule has 0 amide bonds. The largest absolute Gasteiger partial charge is 0.434 e. The summed E-state index contributed by atoms with van der Waals surface area (Å²) in [5, 5.41) is 7.42. The van der Waals surface area contributed by atoms with E-state index in [1.165, 1.54) is 12.1 Å². The average Bonchev–Trinajstić information content (AvgIpc) is 2.36. The number of rotatable bonds is 3. The van der Waals surface area contributed by atoms with E-state index in [0.29, 0.717) is 10.2 Å². The summed E-state index contributed by atoms with van der Waals surface area (Å²) in [4.78, 5) is 0. The fourth-order valence-corrected chi connectivity index (χ4v) is 1.74. The van der Waals surface area contributed by atoms with Gasteiger partial charge in [-0.1, -0.05) is 15.9 Å². The first-order chi connectivity index (χ1) is 8.60. The molecule has 0 saturated carbocycles. The van der Waals surface area contributed by atoms with E-state index in [1.54, 1.807) is 6.07 Å². The monoisotopic (exact) mass is 334 g/mol. The fraction of sp³-hybridized carbons (Fsp3) is 0.0909. The van der Waals surface area contributed by atoms with Crippen LogP contribution in [-0.4, -0.2) is 10.2 Å². The molecule has 1 aromatic carbocycles. The molecule has 94 valence electrons. The number of halogens is 4. The molecule has 0 unspecified atom stereocenters. The SMILES string of the molecule is Fc1cc(Br)cc(Oc2ccc(CCl)nn2)c1F. The van der Waals surface area contributed by atoms with Gasteiger partial charge in [0.05, 0.1) is 11.6 Å². The third-order valence-corrected chi connectivity index (χ3v) is 2.74. The molecule has 0 spiro atoms. The van der Waals surface area contributed by atoms with Crippen molar-refractivity contribution < 1.29 is 13.5 Å². The Kier molecular flexibility index (Phi) is 4.08. The summed E-state index contributed by atoms with van der Waals surface area (Å²) < 4.78 is 32.0. The van der Waals surface area contributed by atoms with Crippen LogP contribution in [0.25, 0.3) is 0 Å². The van der Waals surface area contributed by atoms with Crippen molar-refractivity contribution in [3.05, 3.63) is 46.1 Å². The highest BCUT2D eigenvalue weighted by Gasteiger charge is 2.12. The number of nitrogens with zero attached hydrogens (tertiary/aromatic N) is 2. The number of alkyl halides is 1. The van der Waals surface area contributed by atoms with Crippen LogP contribution in [0.3, 0.4) is 0 Å². The molecule has 0 fully saturated rings. The van der Waals surface area contributed by atoms with Crippen LogP contribution in [0.15, 0.2) is 28.7 Å². The zero-order valence-corrected chi connectivity index (χ0v) is 11.2. The maximum absolute atomic E-state index is 13.4. The van der Waals surface area contributed by atoms with E-state index >= 15 is 0 Å². The molecular formula is C11H6BrClF2N2O. The van der Waals surface area contributed by atoms with Gasteiger partial charge in [-0.25, -0.2) is 4.39 Å². The van der Waals surface area contributed by atoms with Crippen molar-refractivity contribution in [2.45, 2.75) is 5.88 Å². The quantitative estimate of drug-likeness (QED) is 0.627. The third-order valence-electron chi connectivity index (χ3n) is 2.01. The van der Waals surface area contributed by atoms with Gasteiger partial charge in [-0.05, 0) is 18.2 Å². The number of aromatic nitrogens is 2. The van der Waals surface area contributed by atoms with Crippen molar-refractivity contribution in [1.29, 1.82) is 0 Å². The van der Waals surface area contributed by atoms with Gasteiger partial charge in [0.25, 0.3) is 0 Å². The van der Waals surface area contributed by atoms with Gasteiger partial charge in [-0.3, -0.25) is 0 Å². The zero-order valence-electron chi connectivity index (χ0n) is 8.83. The topological polar surface area (TPSA) is 35.0 Å². The summed E-state index contributed by atoms with van der Waals surface area (Å²) in [6.45, 7) is 0. The summed E-state index contributed by atoms with van der Waals surface area (Å²) in [6.07, 6.45) is 0. The summed E-state index contributed by atoms with van der Waals surface area (Å²) in [5.41, 5.74) is 0.560. The maximum Gasteiger partial charge on any atom is 0.239 e. The van der Waals surface area contributed by atoms with Crippen LogP contribution in [0, 0.1) is 11.6 Å². The Bertz CT molecular complexity index is 566. The van der Waals surface area contributed by atoms with E-state index < -0.39 is 11.6 Å². The van der Waals surface area contributed by atoms with E-state index in [2.05, 4.69) is 26.1 Å². The van der Waals surface area contributed by atoms with Crippen LogP contribution in [0.1, 0.15) is 5.69 Å². The molecule has 2 aromatic rings. The van der Waals surface area contributed by atoms with Crippen LogP contribution in [-0.2, 0) is 5.88 Å². The molecule has 3 nitrogen and oxygen atoms in total. The molecule has 0 radical (unpaired) electrons. The highest BCUT2D eigenvalue weighted by Crippen LogP contribution is 2.28. The number of ether oxygens (including phenoxy) is 1. The first-order valence-corrected chi connectivity index (χ1v) is 6.14. The predicted octanol–water partition coefficient (Wildman–Crippen LogP) is 4.05. The Morgan fingerprint density at radius 1 is 1.22 bits per heavy atom. The van der Waals surface area contributed by atoms with Crippen molar-refractivity contribution in [2.75, 3.05) is 0 Å². The number of benzene rings is 1. The first kappa shape index (κ1) is 13.2. The Morgan fingerprint density at radius 3 is 2.61 bits per heavy atom. The van der Waals surface area contributed by atoms with Crippen molar-refractivity contribution in [2.24, 2.45) is 0 Å². The van der Waals surface area contributed by atoms with Crippen LogP contribution < -0.4 is 4.74 Å². The second kappa shape index (κ2) is 5.58. The Labute approximate surface area is 115 Å². The van der Waals surface area contributed by atoms with Gasteiger partial charge in [0.2, 0.25) is 11.7 Å². The molecule has 0 aliphatic heterocycles. The summed E-state index contributed by atoms with van der Waals surface area (Å²) >= 11 is 8.59. The molecule has 0 bridgehead atoms. The third kappa shape index (κ3) is 2.94. The molecule has 0 aliphatic rings. The van der Waals surface area contributed by atoms with Gasteiger partial charge in [-0.15, -0.1) is 16.7 Å². The minimum absolute atomic E-state index is 0.0558. The lowest BCUT2D eigenvalue weighted by atomic mass is 10.3. The highest BCUT2D eigenvalue weighted by atomic mass is 79.9. The molecular weight excluding hydrogens is 329 g/mol. The lowest BCUT2D eigenvalue weighted by Gasteiger charge is -2.06. The molecule has 0 aliphatic carbocycles. The Hall–Kier alpha value is -1.27. The van der Waals surface area contributed by atoms with Crippen LogP contribution >= 0.6 is 27.5 Å². The fourth-order valence-electron chi connectivity index (χ4n) is 1.19. The molecule has 18 heavy (non-hydrogen) atoms. The first-order valence-electron chi connectivity index (χ1n) is 4.81. The molecule has 0 saturated heterocycles. The van der Waals surface area contributed by atoms with Gasteiger partial charge in [-0.2, -0.15) is 9.49 Å². The minimum Gasteiger partial charge on any atom is -0.434 e. The second-order valence-electron chi connectivity index (χ2n) is 3.30. The van der Waals surface area contributed by atoms with Crippen molar-refractivity contribution >= 4 is 27.5 Å². The average molecular weight is 336 g/mol. The van der Waals surface area contributed by atoms with E-state index in [4.69, 9.17) is 16.3 Å². The molecule has 0 atom stereocenters. The van der Waals surface area contributed by atoms with Gasteiger partial charge in [0.1, 0.15) is 0 Å². The lowest BCUT2D eigenvalue weighted by Crippen LogP contribution is -1.96. The summed E-state index contributed by atoms with van der Waals surface area (Å²) in [5.74, 6) is -2.09. The minimum atomic E-state index is -1.08. The van der Waals surface area contributed by atoms with E-state index in [9.17, 15) is 8.78 Å². The highest BCUT2D eigenvalue weighted by molar-refractivity contribution is 9.10. The Morgan fingerprint density at radius 2 is 2.00 bits per heavy atom. The maximum atomic E-state index is 13.4. The normalized spacial score (nSPS) is 10.4. The van der Waals surface area contributed by atoms with Crippen LogP contribution in [0.4, 0.5) is 8.78 Å². The second-order valence-corrected chi connectivity index (χ2v) is 4.48. The van der Waals surface area contributed by atoms with E-state index in [-0.39, 0.29) is 17.5 Å².